The third kappa shape index (κ3) is 1150. The summed E-state index contributed by atoms with van der Waals surface area (Å²) in [4.78, 5) is 0.500. The minimum atomic E-state index is 0. The zero-order chi connectivity index (χ0) is 3.58. The molecule has 1 nitrogen and oxygen atoms in total. The maximum absolute atomic E-state index is 4.84. The first-order valence-electron chi connectivity index (χ1n) is 0.993. The van der Waals surface area contributed by atoms with Gasteiger partial charge in [-0.15, -0.1) is 0 Å². The van der Waals surface area contributed by atoms with Gasteiger partial charge in [-0.25, -0.2) is 0 Å². The van der Waals surface area contributed by atoms with Gasteiger partial charge in [0.15, 0.2) is 0 Å². The molecule has 0 amide bonds. The summed E-state index contributed by atoms with van der Waals surface area (Å²) in [5.41, 5.74) is 4.84. The molecule has 0 atom stereocenters. The van der Waals surface area contributed by atoms with E-state index >= 15 is 0 Å². The molecule has 0 bridgehead atoms. The van der Waals surface area contributed by atoms with Gasteiger partial charge in [0.1, 0.15) is 0 Å². The Morgan fingerprint density at radius 3 is 1.80 bits per heavy atom. The van der Waals surface area contributed by atoms with Crippen LogP contribution in [0.15, 0.2) is 0 Å². The Morgan fingerprint density at radius 1 is 1.80 bits per heavy atom. The smallest absolute Gasteiger partial charge is 0.0695 e. The predicted octanol–water partition coefficient (Wildman–Crippen LogP) is 0.929. The topological polar surface area (TPSA) is 26.0 Å². The van der Waals surface area contributed by atoms with Crippen LogP contribution < -0.4 is 5.73 Å². The lowest BCUT2D eigenvalue weighted by Gasteiger charge is -1.65. The van der Waals surface area contributed by atoms with Crippen LogP contribution in [0.4, 0.5) is 0 Å². The van der Waals surface area contributed by atoms with E-state index in [-0.39, 0.29) is 7.43 Å². The van der Waals surface area contributed by atoms with E-state index in [1.165, 1.54) is 0 Å². The zero-order valence-corrected chi connectivity index (χ0v) is 3.30. The third-order valence-corrected chi connectivity index (χ3v) is 0. The van der Waals surface area contributed by atoms with Gasteiger partial charge in [0.2, 0.25) is 0 Å². The molecule has 2 heteroatoms. The van der Waals surface area contributed by atoms with Crippen LogP contribution in [0.25, 0.3) is 0 Å². The average Bonchev–Trinajstić information content (AvgIpc) is 0.811. The maximum Gasteiger partial charge on any atom is 0.0695 e. The summed E-state index contributed by atoms with van der Waals surface area (Å²) < 4.78 is 0. The quantitative estimate of drug-likeness (QED) is 0.449. The number of nitrogens with two attached hydrogens (primary N) is 1. The summed E-state index contributed by atoms with van der Waals surface area (Å²) in [6.45, 7) is 1.68. The molecule has 0 aromatic heterocycles. The van der Waals surface area contributed by atoms with Crippen molar-refractivity contribution < 1.29 is 0 Å². The number of hydrogen-bond acceptors (Lipinski definition) is 1. The largest absolute Gasteiger partial charge is 0.394 e. The van der Waals surface area contributed by atoms with E-state index in [1.54, 1.807) is 6.92 Å². The first-order chi connectivity index (χ1) is 1.73. The minimum Gasteiger partial charge on any atom is -0.394 e. The Kier molecular flexibility index (Phi) is 6.89. The van der Waals surface area contributed by atoms with Gasteiger partial charge < -0.3 is 5.73 Å². The second-order valence-corrected chi connectivity index (χ2v) is 1.25. The molecular weight excluding hydrogens is 82.1 g/mol. The van der Waals surface area contributed by atoms with Crippen molar-refractivity contribution in [3.63, 3.8) is 0 Å². The highest BCUT2D eigenvalue weighted by Gasteiger charge is 1.54. The van der Waals surface area contributed by atoms with Crippen LogP contribution in [-0.4, -0.2) is 4.99 Å². The summed E-state index contributed by atoms with van der Waals surface area (Å²) in [5.74, 6) is 0. The van der Waals surface area contributed by atoms with Crippen LogP contribution >= 0.6 is 12.2 Å². The fourth-order valence-electron chi connectivity index (χ4n) is 0. The Bertz CT molecular complexity index is 29.9. The number of hydrogen-bond donors (Lipinski definition) is 1. The van der Waals surface area contributed by atoms with Crippen molar-refractivity contribution in [2.75, 3.05) is 0 Å². The summed E-state index contributed by atoms with van der Waals surface area (Å²) in [5, 5.41) is 0. The lowest BCUT2D eigenvalue weighted by atomic mass is 10.8. The van der Waals surface area contributed by atoms with Gasteiger partial charge in [-0.3, -0.25) is 0 Å². The van der Waals surface area contributed by atoms with E-state index in [0.717, 1.165) is 0 Å². The van der Waals surface area contributed by atoms with Crippen molar-refractivity contribution >= 4 is 17.2 Å². The van der Waals surface area contributed by atoms with E-state index in [9.17, 15) is 0 Å². The van der Waals surface area contributed by atoms with Crippen LogP contribution in [-0.2, 0) is 0 Å². The zero-order valence-electron chi connectivity index (χ0n) is 2.49. The molecule has 0 saturated heterocycles. The van der Waals surface area contributed by atoms with E-state index in [1.807, 2.05) is 0 Å². The molecule has 0 rings (SSSR count). The van der Waals surface area contributed by atoms with Gasteiger partial charge in [-0.1, -0.05) is 19.6 Å². The first kappa shape index (κ1) is 8.86. The van der Waals surface area contributed by atoms with Gasteiger partial charge in [0, 0.05) is 0 Å². The Hall–Kier alpha value is -0.110. The monoisotopic (exact) mass is 91.0 g/mol. The molecule has 0 fully saturated rings. The molecule has 32 valence electrons. The molecule has 0 heterocycles. The van der Waals surface area contributed by atoms with Gasteiger partial charge in [-0.2, -0.15) is 0 Å². The highest BCUT2D eigenvalue weighted by atomic mass is 32.1. The van der Waals surface area contributed by atoms with Crippen molar-refractivity contribution in [2.24, 2.45) is 5.73 Å². The fraction of sp³-hybridized carbons (Fsp3) is 0.667. The lowest BCUT2D eigenvalue weighted by Crippen LogP contribution is -1.98. The molecule has 0 aromatic rings. The van der Waals surface area contributed by atoms with E-state index in [2.05, 4.69) is 12.2 Å². The lowest BCUT2D eigenvalue weighted by molar-refractivity contribution is 1.73. The molecule has 0 aromatic carbocycles. The molecule has 0 unspecified atom stereocenters. The molecular formula is C3H9NS. The van der Waals surface area contributed by atoms with Gasteiger partial charge in [0.25, 0.3) is 0 Å². The number of rotatable bonds is 0. The van der Waals surface area contributed by atoms with Crippen LogP contribution in [0.3, 0.4) is 0 Å². The van der Waals surface area contributed by atoms with E-state index < -0.39 is 0 Å². The molecule has 0 aliphatic carbocycles. The van der Waals surface area contributed by atoms with Crippen molar-refractivity contribution in [3.8, 4) is 0 Å². The van der Waals surface area contributed by atoms with Crippen molar-refractivity contribution in [1.29, 1.82) is 0 Å². The molecule has 5 heavy (non-hydrogen) atoms. The van der Waals surface area contributed by atoms with E-state index in [4.69, 9.17) is 5.73 Å². The fourth-order valence-corrected chi connectivity index (χ4v) is 0. The summed E-state index contributed by atoms with van der Waals surface area (Å²) >= 11 is 4.31. The van der Waals surface area contributed by atoms with Crippen molar-refractivity contribution in [2.45, 2.75) is 14.4 Å². The van der Waals surface area contributed by atoms with Crippen LogP contribution in [0, 0.1) is 0 Å². The third-order valence-electron chi connectivity index (χ3n) is 0. The highest BCUT2D eigenvalue weighted by Crippen LogP contribution is 1.48. The minimum absolute atomic E-state index is 0. The van der Waals surface area contributed by atoms with Gasteiger partial charge in [-0.05, 0) is 6.92 Å². The maximum atomic E-state index is 4.84. The standard InChI is InChI=1S/C2H5NS.CH4/c1-2(3)4;/h1H3,(H2,3,4);1H4. The van der Waals surface area contributed by atoms with E-state index in [0.29, 0.717) is 4.99 Å². The summed E-state index contributed by atoms with van der Waals surface area (Å²) in [6, 6.07) is 0. The molecule has 0 radical (unpaired) electrons. The second-order valence-electron chi connectivity index (χ2n) is 0.611. The van der Waals surface area contributed by atoms with Crippen LogP contribution in [0.5, 0.6) is 0 Å². The molecule has 0 aliphatic heterocycles. The van der Waals surface area contributed by atoms with Crippen molar-refractivity contribution in [1.82, 2.24) is 0 Å². The van der Waals surface area contributed by atoms with Gasteiger partial charge in [0.05, 0.1) is 4.99 Å². The van der Waals surface area contributed by atoms with Crippen LogP contribution in [0.2, 0.25) is 0 Å². The number of thiocarbonyl (C=S) groups is 1. The molecule has 0 spiro atoms. The van der Waals surface area contributed by atoms with Crippen LogP contribution in [0.1, 0.15) is 14.4 Å². The second kappa shape index (κ2) is 3.89. The molecule has 0 saturated carbocycles. The SMILES string of the molecule is C.CC(N)=S. The summed E-state index contributed by atoms with van der Waals surface area (Å²) in [7, 11) is 0. The predicted molar refractivity (Wildman–Crippen MR) is 29.2 cm³/mol. The molecule has 2 N–H and O–H groups in total. The normalized spacial score (nSPS) is 5.00. The van der Waals surface area contributed by atoms with Gasteiger partial charge >= 0.3 is 0 Å². The average molecular weight is 91.2 g/mol. The van der Waals surface area contributed by atoms with Crippen molar-refractivity contribution in [3.05, 3.63) is 0 Å². The Labute approximate surface area is 38.2 Å². The Morgan fingerprint density at radius 2 is 1.80 bits per heavy atom. The first-order valence-corrected chi connectivity index (χ1v) is 1.40. The molecule has 0 aliphatic rings. The highest BCUT2D eigenvalue weighted by molar-refractivity contribution is 7.80. The summed E-state index contributed by atoms with van der Waals surface area (Å²) in [6.07, 6.45) is 0. The Balaban J connectivity index is 0.